The molecule has 1 heterocycles. The van der Waals surface area contributed by atoms with E-state index in [2.05, 4.69) is 36.1 Å². The highest BCUT2D eigenvalue weighted by Crippen LogP contribution is 2.17. The molecule has 90 valence electrons. The minimum absolute atomic E-state index is 0.545. The molecule has 2 atom stereocenters. The Morgan fingerprint density at radius 1 is 1.31 bits per heavy atom. The van der Waals surface area contributed by atoms with Crippen LogP contribution in [-0.2, 0) is 0 Å². The number of rotatable bonds is 7. The smallest absolute Gasteiger partial charge is 0.187 e. The monoisotopic (exact) mass is 239 g/mol. The molecule has 1 aromatic heterocycles. The van der Waals surface area contributed by atoms with Crippen LogP contribution in [0.25, 0.3) is 0 Å². The molecule has 0 radical (unpaired) electrons. The average molecular weight is 239 g/mol. The van der Waals surface area contributed by atoms with Crippen molar-refractivity contribution in [3.8, 4) is 0 Å². The van der Waals surface area contributed by atoms with E-state index in [0.29, 0.717) is 12.0 Å². The van der Waals surface area contributed by atoms with Crippen molar-refractivity contribution in [1.29, 1.82) is 0 Å². The van der Waals surface area contributed by atoms with Crippen molar-refractivity contribution in [3.63, 3.8) is 0 Å². The zero-order valence-corrected chi connectivity index (χ0v) is 11.1. The molecule has 0 amide bonds. The van der Waals surface area contributed by atoms with Crippen LogP contribution in [0.15, 0.2) is 23.6 Å². The average Bonchev–Trinajstić information content (AvgIpc) is 2.34. The molecule has 1 aromatic rings. The van der Waals surface area contributed by atoms with Gasteiger partial charge < -0.3 is 5.32 Å². The number of hydrogen-bond acceptors (Lipinski definition) is 4. The topological polar surface area (TPSA) is 37.8 Å². The molecule has 1 rings (SSSR count). The summed E-state index contributed by atoms with van der Waals surface area (Å²) in [5.74, 6) is 1.73. The molecule has 0 aliphatic carbocycles. The van der Waals surface area contributed by atoms with Crippen LogP contribution in [0.5, 0.6) is 0 Å². The highest BCUT2D eigenvalue weighted by molar-refractivity contribution is 7.99. The SMILES string of the molecule is CCNC(CSc1ncccn1)C(C)CC. The Balaban J connectivity index is 2.43. The second kappa shape index (κ2) is 7.63. The summed E-state index contributed by atoms with van der Waals surface area (Å²) in [6.07, 6.45) is 4.79. The fourth-order valence-electron chi connectivity index (χ4n) is 1.50. The van der Waals surface area contributed by atoms with Gasteiger partial charge in [0.1, 0.15) is 0 Å². The van der Waals surface area contributed by atoms with Crippen molar-refractivity contribution < 1.29 is 0 Å². The molecule has 4 heteroatoms. The quantitative estimate of drug-likeness (QED) is 0.586. The molecular formula is C12H21N3S. The Bertz CT molecular complexity index is 279. The molecule has 0 aliphatic heterocycles. The van der Waals surface area contributed by atoms with E-state index in [0.717, 1.165) is 17.5 Å². The Hall–Kier alpha value is -0.610. The van der Waals surface area contributed by atoms with Gasteiger partial charge in [0.2, 0.25) is 0 Å². The third-order valence-electron chi connectivity index (χ3n) is 2.73. The highest BCUT2D eigenvalue weighted by atomic mass is 32.2. The van der Waals surface area contributed by atoms with Crippen molar-refractivity contribution in [2.24, 2.45) is 5.92 Å². The van der Waals surface area contributed by atoms with Gasteiger partial charge in [-0.05, 0) is 18.5 Å². The molecule has 16 heavy (non-hydrogen) atoms. The van der Waals surface area contributed by atoms with Gasteiger partial charge in [-0.15, -0.1) is 0 Å². The lowest BCUT2D eigenvalue weighted by molar-refractivity contribution is 0.404. The molecule has 1 N–H and O–H groups in total. The van der Waals surface area contributed by atoms with E-state index < -0.39 is 0 Å². The standard InChI is InChI=1S/C12H21N3S/c1-4-10(3)11(13-5-2)9-16-12-14-7-6-8-15-12/h6-8,10-11,13H,4-5,9H2,1-3H3. The summed E-state index contributed by atoms with van der Waals surface area (Å²) in [6.45, 7) is 7.70. The van der Waals surface area contributed by atoms with Gasteiger partial charge in [-0.1, -0.05) is 39.0 Å². The molecule has 0 spiro atoms. The fraction of sp³-hybridized carbons (Fsp3) is 0.667. The summed E-state index contributed by atoms with van der Waals surface area (Å²) in [4.78, 5) is 8.44. The second-order valence-corrected chi connectivity index (χ2v) is 4.88. The molecule has 0 aliphatic rings. The lowest BCUT2D eigenvalue weighted by Crippen LogP contribution is -2.36. The maximum atomic E-state index is 4.22. The van der Waals surface area contributed by atoms with Crippen LogP contribution in [0.4, 0.5) is 0 Å². The van der Waals surface area contributed by atoms with Crippen molar-refractivity contribution in [3.05, 3.63) is 18.5 Å². The van der Waals surface area contributed by atoms with Gasteiger partial charge in [0.25, 0.3) is 0 Å². The molecule has 0 saturated heterocycles. The van der Waals surface area contributed by atoms with Crippen LogP contribution in [0.1, 0.15) is 27.2 Å². The van der Waals surface area contributed by atoms with Crippen LogP contribution in [0.3, 0.4) is 0 Å². The normalized spacial score (nSPS) is 14.7. The van der Waals surface area contributed by atoms with Gasteiger partial charge in [-0.2, -0.15) is 0 Å². The zero-order chi connectivity index (χ0) is 11.8. The molecule has 0 saturated carbocycles. The Morgan fingerprint density at radius 3 is 2.56 bits per heavy atom. The van der Waals surface area contributed by atoms with Gasteiger partial charge in [0, 0.05) is 24.2 Å². The number of nitrogens with one attached hydrogen (secondary N) is 1. The third kappa shape index (κ3) is 4.49. The number of aromatic nitrogens is 2. The number of nitrogens with zero attached hydrogens (tertiary/aromatic N) is 2. The molecule has 0 bridgehead atoms. The Labute approximate surface area is 102 Å². The second-order valence-electron chi connectivity index (χ2n) is 3.89. The highest BCUT2D eigenvalue weighted by Gasteiger charge is 2.15. The van der Waals surface area contributed by atoms with Gasteiger partial charge in [0.05, 0.1) is 0 Å². The number of hydrogen-bond donors (Lipinski definition) is 1. The Kier molecular flexibility index (Phi) is 6.42. The largest absolute Gasteiger partial charge is 0.313 e. The Morgan fingerprint density at radius 2 is 2.00 bits per heavy atom. The van der Waals surface area contributed by atoms with Gasteiger partial charge in [-0.25, -0.2) is 9.97 Å². The summed E-state index contributed by atoms with van der Waals surface area (Å²) in [7, 11) is 0. The zero-order valence-electron chi connectivity index (χ0n) is 10.3. The van der Waals surface area contributed by atoms with E-state index in [1.807, 2.05) is 6.07 Å². The third-order valence-corrected chi connectivity index (χ3v) is 3.73. The van der Waals surface area contributed by atoms with Crippen LogP contribution in [0, 0.1) is 5.92 Å². The van der Waals surface area contributed by atoms with Gasteiger partial charge >= 0.3 is 0 Å². The lowest BCUT2D eigenvalue weighted by atomic mass is 10.0. The first kappa shape index (κ1) is 13.5. The summed E-state index contributed by atoms with van der Waals surface area (Å²) in [5.41, 5.74) is 0. The van der Waals surface area contributed by atoms with Crippen molar-refractivity contribution in [1.82, 2.24) is 15.3 Å². The lowest BCUT2D eigenvalue weighted by Gasteiger charge is -2.23. The van der Waals surface area contributed by atoms with E-state index in [4.69, 9.17) is 0 Å². The minimum Gasteiger partial charge on any atom is -0.313 e. The van der Waals surface area contributed by atoms with Crippen molar-refractivity contribution in [2.45, 2.75) is 38.4 Å². The molecule has 3 nitrogen and oxygen atoms in total. The molecule has 0 aromatic carbocycles. The van der Waals surface area contributed by atoms with E-state index in [1.165, 1.54) is 6.42 Å². The molecular weight excluding hydrogens is 218 g/mol. The van der Waals surface area contributed by atoms with E-state index in [9.17, 15) is 0 Å². The minimum atomic E-state index is 0.545. The number of thioether (sulfide) groups is 1. The maximum absolute atomic E-state index is 4.22. The van der Waals surface area contributed by atoms with Crippen LogP contribution >= 0.6 is 11.8 Å². The van der Waals surface area contributed by atoms with Crippen LogP contribution < -0.4 is 5.32 Å². The summed E-state index contributed by atoms with van der Waals surface area (Å²) in [5, 5.41) is 4.40. The first-order valence-electron chi connectivity index (χ1n) is 5.91. The first-order valence-corrected chi connectivity index (χ1v) is 6.89. The van der Waals surface area contributed by atoms with Crippen LogP contribution in [0.2, 0.25) is 0 Å². The summed E-state index contributed by atoms with van der Waals surface area (Å²) < 4.78 is 0. The summed E-state index contributed by atoms with van der Waals surface area (Å²) in [6, 6.07) is 2.39. The molecule has 0 fully saturated rings. The predicted molar refractivity (Wildman–Crippen MR) is 69.7 cm³/mol. The van der Waals surface area contributed by atoms with E-state index in [1.54, 1.807) is 24.2 Å². The van der Waals surface area contributed by atoms with Crippen molar-refractivity contribution >= 4 is 11.8 Å². The maximum Gasteiger partial charge on any atom is 0.187 e. The van der Waals surface area contributed by atoms with Crippen molar-refractivity contribution in [2.75, 3.05) is 12.3 Å². The van der Waals surface area contributed by atoms with Gasteiger partial charge in [-0.3, -0.25) is 0 Å². The van der Waals surface area contributed by atoms with E-state index >= 15 is 0 Å². The summed E-state index contributed by atoms with van der Waals surface area (Å²) >= 11 is 1.73. The first-order chi connectivity index (χ1) is 7.77. The van der Waals surface area contributed by atoms with Gasteiger partial charge in [0.15, 0.2) is 5.16 Å². The van der Waals surface area contributed by atoms with Crippen LogP contribution in [-0.4, -0.2) is 28.3 Å². The predicted octanol–water partition coefficient (Wildman–Crippen LogP) is 2.59. The van der Waals surface area contributed by atoms with E-state index in [-0.39, 0.29) is 0 Å². The fourth-order valence-corrected chi connectivity index (χ4v) is 2.54. The molecule has 2 unspecified atom stereocenters.